The lowest BCUT2D eigenvalue weighted by atomic mass is 9.98. The van der Waals surface area contributed by atoms with Crippen LogP contribution < -0.4 is 4.74 Å². The fraction of sp³-hybridized carbons (Fsp3) is 0.118. The summed E-state index contributed by atoms with van der Waals surface area (Å²) in [7, 11) is 1.60. The van der Waals surface area contributed by atoms with Crippen molar-refractivity contribution in [2.24, 2.45) is 0 Å². The highest BCUT2D eigenvalue weighted by Crippen LogP contribution is 2.37. The molecule has 1 N–H and O–H groups in total. The number of phenols is 1. The van der Waals surface area contributed by atoms with Crippen molar-refractivity contribution in [1.82, 2.24) is 4.98 Å². The van der Waals surface area contributed by atoms with Gasteiger partial charge in [-0.05, 0) is 54.4 Å². The molecule has 3 aromatic rings. The number of aromatic hydroxyl groups is 1. The minimum Gasteiger partial charge on any atom is -0.507 e. The number of rotatable bonds is 2. The molecule has 0 aliphatic rings. The van der Waals surface area contributed by atoms with Crippen molar-refractivity contribution < 1.29 is 9.84 Å². The van der Waals surface area contributed by atoms with Crippen molar-refractivity contribution in [3.63, 3.8) is 0 Å². The quantitative estimate of drug-likeness (QED) is 0.753. The lowest BCUT2D eigenvalue weighted by Crippen LogP contribution is -1.89. The van der Waals surface area contributed by atoms with Crippen molar-refractivity contribution in [1.29, 1.82) is 0 Å². The Morgan fingerprint density at radius 3 is 2.67 bits per heavy atom. The standard InChI is InChI=1S/C17H14ClNO2/c1-10-7-11(18)8-15-13(5-6-19-17(10)15)14-9-12(21-2)3-4-16(14)20/h3-9,20H,1-2H3. The third-order valence-corrected chi connectivity index (χ3v) is 3.71. The second kappa shape index (κ2) is 5.26. The summed E-state index contributed by atoms with van der Waals surface area (Å²) in [5, 5.41) is 11.7. The summed E-state index contributed by atoms with van der Waals surface area (Å²) in [6, 6.07) is 10.8. The number of nitrogens with zero attached hydrogens (tertiary/aromatic N) is 1. The minimum atomic E-state index is 0.195. The average molecular weight is 300 g/mol. The molecule has 0 atom stereocenters. The summed E-state index contributed by atoms with van der Waals surface area (Å²) in [6.07, 6.45) is 1.73. The maximum absolute atomic E-state index is 10.2. The molecule has 0 aliphatic carbocycles. The van der Waals surface area contributed by atoms with Gasteiger partial charge in [0.2, 0.25) is 0 Å². The summed E-state index contributed by atoms with van der Waals surface area (Å²) < 4.78 is 5.24. The fourth-order valence-electron chi connectivity index (χ4n) is 2.48. The van der Waals surface area contributed by atoms with Crippen molar-refractivity contribution >= 4 is 22.5 Å². The van der Waals surface area contributed by atoms with Crippen LogP contribution in [-0.4, -0.2) is 17.2 Å². The molecule has 2 aromatic carbocycles. The monoisotopic (exact) mass is 299 g/mol. The van der Waals surface area contributed by atoms with E-state index in [1.165, 1.54) is 0 Å². The van der Waals surface area contributed by atoms with Gasteiger partial charge in [0, 0.05) is 22.2 Å². The zero-order chi connectivity index (χ0) is 15.0. The van der Waals surface area contributed by atoms with Crippen LogP contribution in [0.4, 0.5) is 0 Å². The first kappa shape index (κ1) is 13.7. The smallest absolute Gasteiger partial charge is 0.123 e. The molecule has 0 aliphatic heterocycles. The first-order chi connectivity index (χ1) is 10.1. The van der Waals surface area contributed by atoms with Crippen molar-refractivity contribution in [3.8, 4) is 22.6 Å². The van der Waals surface area contributed by atoms with E-state index < -0.39 is 0 Å². The van der Waals surface area contributed by atoms with Crippen LogP contribution in [-0.2, 0) is 0 Å². The SMILES string of the molecule is COc1ccc(O)c(-c2ccnc3c(C)cc(Cl)cc23)c1. The molecule has 1 heterocycles. The number of methoxy groups -OCH3 is 1. The minimum absolute atomic E-state index is 0.195. The highest BCUT2D eigenvalue weighted by Gasteiger charge is 2.12. The largest absolute Gasteiger partial charge is 0.507 e. The number of benzene rings is 2. The predicted octanol–water partition coefficient (Wildman–Crippen LogP) is 4.58. The van der Waals surface area contributed by atoms with E-state index >= 15 is 0 Å². The lowest BCUT2D eigenvalue weighted by molar-refractivity contribution is 0.412. The van der Waals surface area contributed by atoms with E-state index in [2.05, 4.69) is 4.98 Å². The van der Waals surface area contributed by atoms with Gasteiger partial charge in [-0.1, -0.05) is 11.6 Å². The molecule has 21 heavy (non-hydrogen) atoms. The van der Waals surface area contributed by atoms with E-state index in [4.69, 9.17) is 16.3 Å². The average Bonchev–Trinajstić information content (AvgIpc) is 2.47. The fourth-order valence-corrected chi connectivity index (χ4v) is 2.75. The molecule has 0 radical (unpaired) electrons. The molecular weight excluding hydrogens is 286 g/mol. The number of hydrogen-bond donors (Lipinski definition) is 1. The molecule has 4 heteroatoms. The van der Waals surface area contributed by atoms with Crippen LogP contribution in [0.25, 0.3) is 22.0 Å². The van der Waals surface area contributed by atoms with Gasteiger partial charge in [0.25, 0.3) is 0 Å². The van der Waals surface area contributed by atoms with Gasteiger partial charge in [-0.25, -0.2) is 0 Å². The number of phenolic OH excluding ortho intramolecular Hbond substituents is 1. The molecular formula is C17H14ClNO2. The number of pyridine rings is 1. The van der Waals surface area contributed by atoms with Crippen LogP contribution in [0.2, 0.25) is 5.02 Å². The second-order valence-corrected chi connectivity index (χ2v) is 5.30. The van der Waals surface area contributed by atoms with Gasteiger partial charge in [0.05, 0.1) is 12.6 Å². The topological polar surface area (TPSA) is 42.4 Å². The molecule has 0 unspecified atom stereocenters. The van der Waals surface area contributed by atoms with Gasteiger partial charge in [0.1, 0.15) is 11.5 Å². The zero-order valence-electron chi connectivity index (χ0n) is 11.7. The summed E-state index contributed by atoms with van der Waals surface area (Å²) in [5.41, 5.74) is 3.45. The molecule has 0 spiro atoms. The predicted molar refractivity (Wildman–Crippen MR) is 85.1 cm³/mol. The van der Waals surface area contributed by atoms with E-state index in [-0.39, 0.29) is 5.75 Å². The number of aromatic nitrogens is 1. The first-order valence-corrected chi connectivity index (χ1v) is 6.90. The molecule has 3 rings (SSSR count). The van der Waals surface area contributed by atoms with Crippen LogP contribution in [0.1, 0.15) is 5.56 Å². The molecule has 0 fully saturated rings. The highest BCUT2D eigenvalue weighted by molar-refractivity contribution is 6.31. The van der Waals surface area contributed by atoms with Gasteiger partial charge in [-0.15, -0.1) is 0 Å². The molecule has 0 saturated heterocycles. The second-order valence-electron chi connectivity index (χ2n) is 4.86. The van der Waals surface area contributed by atoms with Gasteiger partial charge < -0.3 is 9.84 Å². The third-order valence-electron chi connectivity index (χ3n) is 3.49. The van der Waals surface area contributed by atoms with Crippen molar-refractivity contribution in [2.45, 2.75) is 6.92 Å². The van der Waals surface area contributed by atoms with Crippen LogP contribution >= 0.6 is 11.6 Å². The Morgan fingerprint density at radius 1 is 1.10 bits per heavy atom. The zero-order valence-corrected chi connectivity index (χ0v) is 12.5. The molecule has 3 nitrogen and oxygen atoms in total. The van der Waals surface area contributed by atoms with Crippen molar-refractivity contribution in [3.05, 3.63) is 53.2 Å². The third kappa shape index (κ3) is 2.41. The number of aryl methyl sites for hydroxylation is 1. The van der Waals surface area contributed by atoms with Gasteiger partial charge in [-0.2, -0.15) is 0 Å². The maximum atomic E-state index is 10.2. The van der Waals surface area contributed by atoms with Crippen LogP contribution in [0.15, 0.2) is 42.6 Å². The number of halogens is 1. The summed E-state index contributed by atoms with van der Waals surface area (Å²) in [5.74, 6) is 0.882. The summed E-state index contributed by atoms with van der Waals surface area (Å²) in [4.78, 5) is 4.41. The molecule has 106 valence electrons. The van der Waals surface area contributed by atoms with E-state index in [1.807, 2.05) is 25.1 Å². The number of fused-ring (bicyclic) bond motifs is 1. The maximum Gasteiger partial charge on any atom is 0.123 e. The number of ether oxygens (including phenoxy) is 1. The van der Waals surface area contributed by atoms with Crippen LogP contribution in [0.5, 0.6) is 11.5 Å². The van der Waals surface area contributed by atoms with E-state index in [9.17, 15) is 5.11 Å². The Balaban J connectivity index is 2.35. The van der Waals surface area contributed by atoms with Crippen molar-refractivity contribution in [2.75, 3.05) is 7.11 Å². The Morgan fingerprint density at radius 2 is 1.90 bits per heavy atom. The van der Waals surface area contributed by atoms with Gasteiger partial charge in [0.15, 0.2) is 0 Å². The highest BCUT2D eigenvalue weighted by atomic mass is 35.5. The van der Waals surface area contributed by atoms with Gasteiger partial charge >= 0.3 is 0 Å². The van der Waals surface area contributed by atoms with Crippen LogP contribution in [0, 0.1) is 6.92 Å². The Kier molecular flexibility index (Phi) is 3.43. The number of hydrogen-bond acceptors (Lipinski definition) is 3. The van der Waals surface area contributed by atoms with E-state index in [0.717, 1.165) is 22.0 Å². The molecule has 0 saturated carbocycles. The summed E-state index contributed by atoms with van der Waals surface area (Å²) >= 11 is 6.17. The summed E-state index contributed by atoms with van der Waals surface area (Å²) in [6.45, 7) is 1.97. The molecule has 0 bridgehead atoms. The Labute approximate surface area is 127 Å². The Hall–Kier alpha value is -2.26. The first-order valence-electron chi connectivity index (χ1n) is 6.52. The van der Waals surface area contributed by atoms with Gasteiger partial charge in [-0.3, -0.25) is 4.98 Å². The molecule has 1 aromatic heterocycles. The Bertz CT molecular complexity index is 830. The van der Waals surface area contributed by atoms with Crippen LogP contribution in [0.3, 0.4) is 0 Å². The normalized spacial score (nSPS) is 10.8. The lowest BCUT2D eigenvalue weighted by Gasteiger charge is -2.11. The van der Waals surface area contributed by atoms with E-state index in [0.29, 0.717) is 16.3 Å². The van der Waals surface area contributed by atoms with E-state index in [1.54, 1.807) is 31.5 Å². The molecule has 0 amide bonds.